The molecule has 0 aliphatic carbocycles. The van der Waals surface area contributed by atoms with E-state index in [9.17, 15) is 9.59 Å². The summed E-state index contributed by atoms with van der Waals surface area (Å²) in [5, 5.41) is 5.86. The van der Waals surface area contributed by atoms with Crippen molar-refractivity contribution in [3.8, 4) is 5.75 Å². The minimum Gasteiger partial charge on any atom is -0.495 e. The predicted octanol–water partition coefficient (Wildman–Crippen LogP) is 3.52. The number of amides is 2. The number of pyridine rings is 1. The summed E-state index contributed by atoms with van der Waals surface area (Å²) < 4.78 is 10.4. The Bertz CT molecular complexity index is 957. The lowest BCUT2D eigenvalue weighted by Gasteiger charge is -2.11. The first-order valence-corrected chi connectivity index (χ1v) is 8.35. The van der Waals surface area contributed by atoms with E-state index in [1.807, 2.05) is 0 Å². The Hall–Kier alpha value is -3.32. The smallest absolute Gasteiger partial charge is 0.257 e. The predicted molar refractivity (Wildman–Crippen MR) is 100 cm³/mol. The first-order chi connectivity index (χ1) is 13.1. The molecule has 2 N–H and O–H groups in total. The average molecular weight is 386 g/mol. The molecule has 1 aromatic carbocycles. The lowest BCUT2D eigenvalue weighted by Crippen LogP contribution is -2.23. The highest BCUT2D eigenvalue weighted by Crippen LogP contribution is 2.28. The van der Waals surface area contributed by atoms with Gasteiger partial charge < -0.3 is 19.8 Å². The number of furan rings is 1. The number of rotatable bonds is 6. The number of hydrogen-bond acceptors (Lipinski definition) is 5. The van der Waals surface area contributed by atoms with Crippen LogP contribution in [-0.2, 0) is 6.54 Å². The van der Waals surface area contributed by atoms with E-state index < -0.39 is 5.91 Å². The number of carbonyl (C=O) groups is 2. The van der Waals surface area contributed by atoms with Gasteiger partial charge in [-0.05, 0) is 36.4 Å². The monoisotopic (exact) mass is 385 g/mol. The molecule has 138 valence electrons. The number of nitrogens with zero attached hydrogens (tertiary/aromatic N) is 1. The van der Waals surface area contributed by atoms with Crippen LogP contribution in [-0.4, -0.2) is 23.9 Å². The molecular formula is C19H16ClN3O4. The topological polar surface area (TPSA) is 93.5 Å². The Kier molecular flexibility index (Phi) is 5.73. The number of hydrogen-bond donors (Lipinski definition) is 2. The summed E-state index contributed by atoms with van der Waals surface area (Å²) in [4.78, 5) is 28.7. The van der Waals surface area contributed by atoms with Crippen LogP contribution in [0.5, 0.6) is 5.75 Å². The third-order valence-electron chi connectivity index (χ3n) is 3.68. The zero-order valence-corrected chi connectivity index (χ0v) is 15.1. The van der Waals surface area contributed by atoms with E-state index in [1.165, 1.54) is 31.8 Å². The van der Waals surface area contributed by atoms with Gasteiger partial charge in [-0.1, -0.05) is 11.6 Å². The Balaban J connectivity index is 1.72. The molecule has 27 heavy (non-hydrogen) atoms. The molecule has 7 nitrogen and oxygen atoms in total. The molecule has 3 aromatic rings. The molecule has 8 heteroatoms. The van der Waals surface area contributed by atoms with Crippen LogP contribution in [0.2, 0.25) is 5.02 Å². The number of ether oxygens (including phenoxy) is 1. The Morgan fingerprint density at radius 3 is 2.63 bits per heavy atom. The third-order valence-corrected chi connectivity index (χ3v) is 3.91. The van der Waals surface area contributed by atoms with Gasteiger partial charge in [-0.2, -0.15) is 0 Å². The summed E-state index contributed by atoms with van der Waals surface area (Å²) >= 11 is 5.97. The second-order valence-corrected chi connectivity index (χ2v) is 5.96. The highest BCUT2D eigenvalue weighted by Gasteiger charge is 2.14. The number of anilines is 1. The summed E-state index contributed by atoms with van der Waals surface area (Å²) in [6, 6.07) is 9.82. The van der Waals surface area contributed by atoms with Gasteiger partial charge >= 0.3 is 0 Å². The van der Waals surface area contributed by atoms with Gasteiger partial charge in [0.05, 0.1) is 36.7 Å². The van der Waals surface area contributed by atoms with Gasteiger partial charge in [-0.3, -0.25) is 14.6 Å². The SMILES string of the molecule is COc1ccc(Cl)cc1NC(=O)c1cncc(C(=O)NCc2ccco2)c1. The molecule has 2 heterocycles. The van der Waals surface area contributed by atoms with Crippen molar-refractivity contribution in [1.29, 1.82) is 0 Å². The van der Waals surface area contributed by atoms with Crippen molar-refractivity contribution in [1.82, 2.24) is 10.3 Å². The first-order valence-electron chi connectivity index (χ1n) is 7.97. The molecule has 2 amide bonds. The summed E-state index contributed by atoms with van der Waals surface area (Å²) in [6.07, 6.45) is 4.28. The summed E-state index contributed by atoms with van der Waals surface area (Å²) in [5.41, 5.74) is 0.901. The van der Waals surface area contributed by atoms with Crippen molar-refractivity contribution in [3.63, 3.8) is 0 Å². The van der Waals surface area contributed by atoms with Crippen LogP contribution in [0, 0.1) is 0 Å². The molecule has 0 bridgehead atoms. The van der Waals surface area contributed by atoms with Crippen LogP contribution in [0.25, 0.3) is 0 Å². The van der Waals surface area contributed by atoms with Gasteiger partial charge in [0, 0.05) is 17.4 Å². The van der Waals surface area contributed by atoms with Gasteiger partial charge in [-0.15, -0.1) is 0 Å². The number of methoxy groups -OCH3 is 1. The number of nitrogens with one attached hydrogen (secondary N) is 2. The largest absolute Gasteiger partial charge is 0.495 e. The van der Waals surface area contributed by atoms with Crippen LogP contribution in [0.15, 0.2) is 59.5 Å². The van der Waals surface area contributed by atoms with E-state index in [0.717, 1.165) is 0 Å². The Morgan fingerprint density at radius 2 is 1.93 bits per heavy atom. The van der Waals surface area contributed by atoms with Crippen molar-refractivity contribution < 1.29 is 18.7 Å². The summed E-state index contributed by atoms with van der Waals surface area (Å²) in [7, 11) is 1.49. The van der Waals surface area contributed by atoms with Crippen LogP contribution in [0.3, 0.4) is 0 Å². The minimum atomic E-state index is -0.441. The second kappa shape index (κ2) is 8.37. The maximum atomic E-state index is 12.5. The molecule has 0 fully saturated rings. The lowest BCUT2D eigenvalue weighted by atomic mass is 10.1. The Morgan fingerprint density at radius 1 is 1.15 bits per heavy atom. The van der Waals surface area contributed by atoms with Crippen LogP contribution >= 0.6 is 11.6 Å². The van der Waals surface area contributed by atoms with Gasteiger partial charge in [0.2, 0.25) is 0 Å². The maximum Gasteiger partial charge on any atom is 0.257 e. The zero-order valence-electron chi connectivity index (χ0n) is 14.4. The van der Waals surface area contributed by atoms with Crippen LogP contribution in [0.1, 0.15) is 26.5 Å². The van der Waals surface area contributed by atoms with Crippen molar-refractivity contribution in [2.45, 2.75) is 6.54 Å². The summed E-state index contributed by atoms with van der Waals surface area (Å²) in [6.45, 7) is 0.238. The molecule has 0 aliphatic rings. The molecule has 0 radical (unpaired) electrons. The number of benzene rings is 1. The fraction of sp³-hybridized carbons (Fsp3) is 0.105. The van der Waals surface area contributed by atoms with E-state index in [2.05, 4.69) is 15.6 Å². The normalized spacial score (nSPS) is 10.3. The number of carbonyl (C=O) groups excluding carboxylic acids is 2. The highest BCUT2D eigenvalue weighted by molar-refractivity contribution is 6.31. The second-order valence-electron chi connectivity index (χ2n) is 5.52. The van der Waals surface area contributed by atoms with Crippen LogP contribution in [0.4, 0.5) is 5.69 Å². The number of aromatic nitrogens is 1. The molecule has 2 aromatic heterocycles. The fourth-order valence-corrected chi connectivity index (χ4v) is 2.52. The maximum absolute atomic E-state index is 12.5. The molecule has 3 rings (SSSR count). The van der Waals surface area contributed by atoms with Gasteiger partial charge in [0.15, 0.2) is 0 Å². The van der Waals surface area contributed by atoms with E-state index in [4.69, 9.17) is 20.8 Å². The molecule has 0 saturated carbocycles. The van der Waals surface area contributed by atoms with Crippen molar-refractivity contribution in [2.24, 2.45) is 0 Å². The van der Waals surface area contributed by atoms with Gasteiger partial charge in [-0.25, -0.2) is 0 Å². The fourth-order valence-electron chi connectivity index (χ4n) is 2.34. The van der Waals surface area contributed by atoms with Crippen molar-refractivity contribution in [2.75, 3.05) is 12.4 Å². The standard InChI is InChI=1S/C19H16ClN3O4/c1-26-17-5-4-14(20)8-16(17)23-19(25)13-7-12(9-21-10-13)18(24)22-11-15-3-2-6-27-15/h2-10H,11H2,1H3,(H,22,24)(H,23,25). The minimum absolute atomic E-state index is 0.225. The first kappa shape index (κ1) is 18.5. The average Bonchev–Trinajstić information content (AvgIpc) is 3.20. The van der Waals surface area contributed by atoms with Gasteiger partial charge in [0.1, 0.15) is 11.5 Å². The molecular weight excluding hydrogens is 370 g/mol. The summed E-state index contributed by atoms with van der Waals surface area (Å²) in [5.74, 6) is 0.281. The molecule has 0 saturated heterocycles. The van der Waals surface area contributed by atoms with E-state index in [1.54, 1.807) is 30.3 Å². The third kappa shape index (κ3) is 4.65. The number of halogens is 1. The van der Waals surface area contributed by atoms with Gasteiger partial charge in [0.25, 0.3) is 11.8 Å². The Labute approximate surface area is 160 Å². The van der Waals surface area contributed by atoms with E-state index >= 15 is 0 Å². The molecule has 0 atom stereocenters. The lowest BCUT2D eigenvalue weighted by molar-refractivity contribution is 0.0947. The quantitative estimate of drug-likeness (QED) is 0.677. The molecule has 0 unspecified atom stereocenters. The zero-order chi connectivity index (χ0) is 19.2. The van der Waals surface area contributed by atoms with Crippen molar-refractivity contribution in [3.05, 3.63) is 77.0 Å². The highest BCUT2D eigenvalue weighted by atomic mass is 35.5. The van der Waals surface area contributed by atoms with E-state index in [0.29, 0.717) is 22.2 Å². The van der Waals surface area contributed by atoms with Crippen molar-refractivity contribution >= 4 is 29.1 Å². The molecule has 0 aliphatic heterocycles. The van der Waals surface area contributed by atoms with Crippen LogP contribution < -0.4 is 15.4 Å². The van der Waals surface area contributed by atoms with E-state index in [-0.39, 0.29) is 23.6 Å². The molecule has 0 spiro atoms.